The van der Waals surface area contributed by atoms with Gasteiger partial charge in [0.2, 0.25) is 0 Å². The standard InChI is InChI=1S/C8H10O3/c1-5-7(10)3-4-8(5)11-6(2)9/h3-4H2,1-2H3. The fourth-order valence-corrected chi connectivity index (χ4v) is 1.06. The van der Waals surface area contributed by atoms with Crippen LogP contribution in [0.3, 0.4) is 0 Å². The molecule has 11 heavy (non-hydrogen) atoms. The average Bonchev–Trinajstić information content (AvgIpc) is 2.18. The number of hydrogen-bond donors (Lipinski definition) is 0. The third-order valence-electron chi connectivity index (χ3n) is 1.68. The van der Waals surface area contributed by atoms with Crippen LogP contribution in [-0.4, -0.2) is 11.8 Å². The number of esters is 1. The molecule has 0 heterocycles. The van der Waals surface area contributed by atoms with Gasteiger partial charge >= 0.3 is 5.97 Å². The molecular formula is C8H10O3. The molecule has 0 amide bonds. The molecule has 0 radical (unpaired) electrons. The quantitative estimate of drug-likeness (QED) is 0.533. The number of carbonyl (C=O) groups is 2. The largest absolute Gasteiger partial charge is 0.431 e. The molecule has 3 nitrogen and oxygen atoms in total. The van der Waals surface area contributed by atoms with E-state index in [9.17, 15) is 9.59 Å². The first-order chi connectivity index (χ1) is 5.11. The first kappa shape index (κ1) is 7.98. The lowest BCUT2D eigenvalue weighted by Crippen LogP contribution is -1.98. The number of rotatable bonds is 1. The molecule has 0 N–H and O–H groups in total. The van der Waals surface area contributed by atoms with E-state index >= 15 is 0 Å². The van der Waals surface area contributed by atoms with Crippen LogP contribution in [-0.2, 0) is 14.3 Å². The summed E-state index contributed by atoms with van der Waals surface area (Å²) < 4.78 is 4.81. The highest BCUT2D eigenvalue weighted by Gasteiger charge is 2.21. The van der Waals surface area contributed by atoms with Gasteiger partial charge in [-0.2, -0.15) is 0 Å². The molecule has 0 spiro atoms. The Labute approximate surface area is 65.0 Å². The maximum absolute atomic E-state index is 10.9. The molecule has 1 rings (SSSR count). The molecule has 0 atom stereocenters. The smallest absolute Gasteiger partial charge is 0.307 e. The number of allylic oxidation sites excluding steroid dienone is 2. The van der Waals surface area contributed by atoms with E-state index in [1.54, 1.807) is 6.92 Å². The lowest BCUT2D eigenvalue weighted by molar-refractivity contribution is -0.137. The van der Waals surface area contributed by atoms with Gasteiger partial charge in [-0.1, -0.05) is 0 Å². The van der Waals surface area contributed by atoms with Crippen LogP contribution in [0.15, 0.2) is 11.3 Å². The predicted molar refractivity (Wildman–Crippen MR) is 38.7 cm³/mol. The highest BCUT2D eigenvalue weighted by molar-refractivity contribution is 5.98. The molecule has 1 aliphatic carbocycles. The minimum absolute atomic E-state index is 0.0845. The summed E-state index contributed by atoms with van der Waals surface area (Å²) in [4.78, 5) is 21.4. The molecule has 60 valence electrons. The highest BCUT2D eigenvalue weighted by Crippen LogP contribution is 2.23. The molecule has 0 saturated heterocycles. The van der Waals surface area contributed by atoms with Gasteiger partial charge in [0.25, 0.3) is 0 Å². The zero-order chi connectivity index (χ0) is 8.43. The van der Waals surface area contributed by atoms with Gasteiger partial charge in [-0.25, -0.2) is 0 Å². The number of ketones is 1. The first-order valence-corrected chi connectivity index (χ1v) is 3.52. The number of hydrogen-bond acceptors (Lipinski definition) is 3. The summed E-state index contributed by atoms with van der Waals surface area (Å²) in [7, 11) is 0. The van der Waals surface area contributed by atoms with Crippen LogP contribution in [0.5, 0.6) is 0 Å². The summed E-state index contributed by atoms with van der Waals surface area (Å²) in [5.41, 5.74) is 0.597. The van der Waals surface area contributed by atoms with Gasteiger partial charge < -0.3 is 4.74 Å². The summed E-state index contributed by atoms with van der Waals surface area (Å²) in [5.74, 6) is 0.276. The van der Waals surface area contributed by atoms with Crippen LogP contribution in [0.25, 0.3) is 0 Å². The number of Topliss-reactive ketones (excluding diaryl/α,β-unsaturated/α-hetero) is 1. The normalized spacial score (nSPS) is 17.5. The maximum atomic E-state index is 10.9. The van der Waals surface area contributed by atoms with Crippen molar-refractivity contribution in [1.82, 2.24) is 0 Å². The van der Waals surface area contributed by atoms with E-state index in [0.29, 0.717) is 24.2 Å². The average molecular weight is 154 g/mol. The Morgan fingerprint density at radius 3 is 2.45 bits per heavy atom. The second-order valence-electron chi connectivity index (χ2n) is 2.56. The van der Waals surface area contributed by atoms with Gasteiger partial charge in [0.1, 0.15) is 5.76 Å². The fourth-order valence-electron chi connectivity index (χ4n) is 1.06. The predicted octanol–water partition coefficient (Wildman–Crippen LogP) is 1.19. The summed E-state index contributed by atoms with van der Waals surface area (Å²) in [5, 5.41) is 0. The van der Waals surface area contributed by atoms with Crippen molar-refractivity contribution in [3.8, 4) is 0 Å². The van der Waals surface area contributed by atoms with E-state index in [2.05, 4.69) is 0 Å². The van der Waals surface area contributed by atoms with Gasteiger partial charge in [0.05, 0.1) is 0 Å². The van der Waals surface area contributed by atoms with E-state index in [0.717, 1.165) is 0 Å². The summed E-state index contributed by atoms with van der Waals surface area (Å²) in [6.07, 6.45) is 1.05. The molecule has 0 aromatic rings. The minimum Gasteiger partial charge on any atom is -0.431 e. The van der Waals surface area contributed by atoms with Gasteiger partial charge in [0, 0.05) is 25.3 Å². The van der Waals surface area contributed by atoms with Gasteiger partial charge in [-0.05, 0) is 6.92 Å². The number of ether oxygens (including phenoxy) is 1. The van der Waals surface area contributed by atoms with E-state index in [1.165, 1.54) is 6.92 Å². The Bertz CT molecular complexity index is 238. The Morgan fingerprint density at radius 1 is 1.45 bits per heavy atom. The highest BCUT2D eigenvalue weighted by atomic mass is 16.5. The van der Waals surface area contributed by atoms with Crippen LogP contribution in [0.4, 0.5) is 0 Å². The molecule has 0 aliphatic heterocycles. The molecule has 0 aromatic heterocycles. The van der Waals surface area contributed by atoms with Crippen molar-refractivity contribution < 1.29 is 14.3 Å². The van der Waals surface area contributed by atoms with Crippen LogP contribution >= 0.6 is 0 Å². The SMILES string of the molecule is CC(=O)OC1=C(C)C(=O)CC1. The van der Waals surface area contributed by atoms with Gasteiger partial charge in [0.15, 0.2) is 5.78 Å². The molecular weight excluding hydrogens is 144 g/mol. The summed E-state index contributed by atoms with van der Waals surface area (Å²) in [6.45, 7) is 3.02. The third-order valence-corrected chi connectivity index (χ3v) is 1.68. The topological polar surface area (TPSA) is 43.4 Å². The molecule has 0 saturated carbocycles. The monoisotopic (exact) mass is 154 g/mol. The Balaban J connectivity index is 2.72. The molecule has 0 aromatic carbocycles. The summed E-state index contributed by atoms with van der Waals surface area (Å²) >= 11 is 0. The Morgan fingerprint density at radius 2 is 2.09 bits per heavy atom. The van der Waals surface area contributed by atoms with Gasteiger partial charge in [-0.3, -0.25) is 9.59 Å². The van der Waals surface area contributed by atoms with E-state index in [1.807, 2.05) is 0 Å². The second kappa shape index (κ2) is 2.86. The van der Waals surface area contributed by atoms with Gasteiger partial charge in [-0.15, -0.1) is 0 Å². The molecule has 0 bridgehead atoms. The van der Waals surface area contributed by atoms with Crippen molar-refractivity contribution in [2.45, 2.75) is 26.7 Å². The van der Waals surface area contributed by atoms with Crippen LogP contribution in [0.2, 0.25) is 0 Å². The molecule has 0 fully saturated rings. The second-order valence-corrected chi connectivity index (χ2v) is 2.56. The molecule has 3 heteroatoms. The Hall–Kier alpha value is -1.12. The lowest BCUT2D eigenvalue weighted by Gasteiger charge is -2.00. The first-order valence-electron chi connectivity index (χ1n) is 3.52. The van der Waals surface area contributed by atoms with Crippen LogP contribution in [0.1, 0.15) is 26.7 Å². The van der Waals surface area contributed by atoms with E-state index in [4.69, 9.17) is 4.74 Å². The molecule has 1 aliphatic rings. The maximum Gasteiger partial charge on any atom is 0.307 e. The van der Waals surface area contributed by atoms with Crippen molar-refractivity contribution in [2.24, 2.45) is 0 Å². The zero-order valence-corrected chi connectivity index (χ0v) is 6.64. The minimum atomic E-state index is -0.353. The van der Waals surface area contributed by atoms with Crippen molar-refractivity contribution in [2.75, 3.05) is 0 Å². The van der Waals surface area contributed by atoms with Crippen molar-refractivity contribution >= 4 is 11.8 Å². The van der Waals surface area contributed by atoms with Crippen molar-refractivity contribution in [3.63, 3.8) is 0 Å². The Kier molecular flexibility index (Phi) is 2.08. The van der Waals surface area contributed by atoms with E-state index in [-0.39, 0.29) is 11.8 Å². The van der Waals surface area contributed by atoms with Crippen molar-refractivity contribution in [1.29, 1.82) is 0 Å². The van der Waals surface area contributed by atoms with Crippen LogP contribution in [0, 0.1) is 0 Å². The summed E-state index contributed by atoms with van der Waals surface area (Å²) in [6, 6.07) is 0. The molecule has 0 unspecified atom stereocenters. The third kappa shape index (κ3) is 1.67. The zero-order valence-electron chi connectivity index (χ0n) is 6.64. The fraction of sp³-hybridized carbons (Fsp3) is 0.500. The van der Waals surface area contributed by atoms with Crippen molar-refractivity contribution in [3.05, 3.63) is 11.3 Å². The van der Waals surface area contributed by atoms with E-state index < -0.39 is 0 Å². The van der Waals surface area contributed by atoms with Crippen LogP contribution < -0.4 is 0 Å². The number of carbonyl (C=O) groups excluding carboxylic acids is 2. The lowest BCUT2D eigenvalue weighted by atomic mass is 10.2.